The number of hydrogen-bond donors (Lipinski definition) is 2. The van der Waals surface area contributed by atoms with Crippen LogP contribution in [0.15, 0.2) is 36.4 Å². The minimum Gasteiger partial charge on any atom is -0.453 e. The molecular formula is C14H15FN4O2. The molecule has 6 nitrogen and oxygen atoms in total. The van der Waals surface area contributed by atoms with Gasteiger partial charge >= 0.3 is 6.09 Å². The standard InChI is InChI=1S/C14H15FN4O2/c1-21-14(20)17-13-7-6-12(18-19-13)16-9-8-10-4-2-3-5-11(10)15/h2-7H,8-9H2,1H3,(H,16,18)(H,17,19,20). The van der Waals surface area contributed by atoms with Crippen LogP contribution in [0.5, 0.6) is 0 Å². The number of carbonyl (C=O) groups is 1. The minimum absolute atomic E-state index is 0.219. The summed E-state index contributed by atoms with van der Waals surface area (Å²) in [7, 11) is 1.27. The van der Waals surface area contributed by atoms with Gasteiger partial charge in [0.15, 0.2) is 5.82 Å². The zero-order chi connectivity index (χ0) is 15.1. The van der Waals surface area contributed by atoms with E-state index in [9.17, 15) is 9.18 Å². The number of methoxy groups -OCH3 is 1. The van der Waals surface area contributed by atoms with Gasteiger partial charge in [-0.3, -0.25) is 5.32 Å². The van der Waals surface area contributed by atoms with Crippen LogP contribution in [-0.4, -0.2) is 29.9 Å². The summed E-state index contributed by atoms with van der Waals surface area (Å²) in [6, 6.07) is 9.89. The SMILES string of the molecule is COC(=O)Nc1ccc(NCCc2ccccc2F)nn1. The Balaban J connectivity index is 1.84. The highest BCUT2D eigenvalue weighted by molar-refractivity contribution is 5.83. The van der Waals surface area contributed by atoms with E-state index >= 15 is 0 Å². The summed E-state index contributed by atoms with van der Waals surface area (Å²) in [6.45, 7) is 0.527. The van der Waals surface area contributed by atoms with E-state index in [0.29, 0.717) is 30.2 Å². The lowest BCUT2D eigenvalue weighted by Crippen LogP contribution is -2.13. The number of halogens is 1. The van der Waals surface area contributed by atoms with Crippen molar-refractivity contribution in [2.24, 2.45) is 0 Å². The van der Waals surface area contributed by atoms with Crippen LogP contribution in [-0.2, 0) is 11.2 Å². The molecule has 110 valence electrons. The zero-order valence-corrected chi connectivity index (χ0v) is 11.5. The molecule has 2 rings (SSSR count). The van der Waals surface area contributed by atoms with Crippen molar-refractivity contribution in [1.29, 1.82) is 0 Å². The predicted molar refractivity (Wildman–Crippen MR) is 76.7 cm³/mol. The molecule has 0 atom stereocenters. The van der Waals surface area contributed by atoms with Crippen molar-refractivity contribution in [1.82, 2.24) is 10.2 Å². The van der Waals surface area contributed by atoms with Gasteiger partial charge < -0.3 is 10.1 Å². The summed E-state index contributed by atoms with van der Waals surface area (Å²) < 4.78 is 17.9. The maximum atomic E-state index is 13.4. The molecule has 0 fully saturated rings. The van der Waals surface area contributed by atoms with Gasteiger partial charge in [0.25, 0.3) is 0 Å². The third-order valence-corrected chi connectivity index (χ3v) is 2.74. The van der Waals surface area contributed by atoms with Crippen LogP contribution in [0.3, 0.4) is 0 Å². The molecule has 1 amide bonds. The lowest BCUT2D eigenvalue weighted by molar-refractivity contribution is 0.187. The third-order valence-electron chi connectivity index (χ3n) is 2.74. The Hall–Kier alpha value is -2.70. The largest absolute Gasteiger partial charge is 0.453 e. The van der Waals surface area contributed by atoms with E-state index in [1.54, 1.807) is 30.3 Å². The summed E-state index contributed by atoms with van der Waals surface area (Å²) >= 11 is 0. The second kappa shape index (κ2) is 7.18. The Morgan fingerprint density at radius 1 is 1.19 bits per heavy atom. The molecule has 0 radical (unpaired) electrons. The van der Waals surface area contributed by atoms with Gasteiger partial charge in [0, 0.05) is 6.54 Å². The Kier molecular flexibility index (Phi) is 5.03. The normalized spacial score (nSPS) is 10.0. The molecule has 21 heavy (non-hydrogen) atoms. The highest BCUT2D eigenvalue weighted by atomic mass is 19.1. The highest BCUT2D eigenvalue weighted by Crippen LogP contribution is 2.09. The first-order valence-electron chi connectivity index (χ1n) is 6.35. The molecule has 1 aromatic heterocycles. The van der Waals surface area contributed by atoms with Crippen LogP contribution in [0.25, 0.3) is 0 Å². The first kappa shape index (κ1) is 14.7. The number of hydrogen-bond acceptors (Lipinski definition) is 5. The lowest BCUT2D eigenvalue weighted by atomic mass is 10.1. The van der Waals surface area contributed by atoms with Gasteiger partial charge in [0.1, 0.15) is 11.6 Å². The molecule has 0 aliphatic carbocycles. The van der Waals surface area contributed by atoms with Crippen molar-refractivity contribution in [3.8, 4) is 0 Å². The van der Waals surface area contributed by atoms with Gasteiger partial charge in [-0.1, -0.05) is 18.2 Å². The molecule has 1 aromatic carbocycles. The van der Waals surface area contributed by atoms with Crippen LogP contribution in [0, 0.1) is 5.82 Å². The summed E-state index contributed by atoms with van der Waals surface area (Å²) in [6.07, 6.45) is -0.0687. The first-order valence-corrected chi connectivity index (χ1v) is 6.35. The van der Waals surface area contributed by atoms with E-state index < -0.39 is 6.09 Å². The second-order valence-corrected chi connectivity index (χ2v) is 4.19. The van der Waals surface area contributed by atoms with Crippen LogP contribution in [0.1, 0.15) is 5.56 Å². The quantitative estimate of drug-likeness (QED) is 0.884. The zero-order valence-electron chi connectivity index (χ0n) is 11.5. The number of nitrogens with zero attached hydrogens (tertiary/aromatic N) is 2. The van der Waals surface area contributed by atoms with Crippen molar-refractivity contribution in [3.63, 3.8) is 0 Å². The van der Waals surface area contributed by atoms with Crippen LogP contribution in [0.4, 0.5) is 20.8 Å². The molecule has 0 bridgehead atoms. The molecule has 0 spiro atoms. The van der Waals surface area contributed by atoms with E-state index in [4.69, 9.17) is 0 Å². The summed E-state index contributed by atoms with van der Waals surface area (Å²) in [5.74, 6) is 0.617. The fourth-order valence-electron chi connectivity index (χ4n) is 1.68. The van der Waals surface area contributed by atoms with Crippen molar-refractivity contribution in [3.05, 3.63) is 47.8 Å². The number of benzene rings is 1. The molecule has 2 aromatic rings. The van der Waals surface area contributed by atoms with E-state index in [1.807, 2.05) is 0 Å². The highest BCUT2D eigenvalue weighted by Gasteiger charge is 2.03. The fourth-order valence-corrected chi connectivity index (χ4v) is 1.68. The second-order valence-electron chi connectivity index (χ2n) is 4.19. The van der Waals surface area contributed by atoms with Crippen molar-refractivity contribution in [2.45, 2.75) is 6.42 Å². The molecule has 2 N–H and O–H groups in total. The molecule has 0 saturated heterocycles. The Morgan fingerprint density at radius 3 is 2.57 bits per heavy atom. The smallest absolute Gasteiger partial charge is 0.412 e. The maximum Gasteiger partial charge on any atom is 0.412 e. The average molecular weight is 290 g/mol. The monoisotopic (exact) mass is 290 g/mol. The minimum atomic E-state index is -0.607. The number of anilines is 2. The topological polar surface area (TPSA) is 76.1 Å². The third kappa shape index (κ3) is 4.41. The van der Waals surface area contributed by atoms with E-state index in [0.717, 1.165) is 0 Å². The van der Waals surface area contributed by atoms with E-state index in [-0.39, 0.29) is 5.82 Å². The van der Waals surface area contributed by atoms with Crippen molar-refractivity contribution in [2.75, 3.05) is 24.3 Å². The Bertz CT molecular complexity index is 604. The number of aromatic nitrogens is 2. The molecular weight excluding hydrogens is 275 g/mol. The van der Waals surface area contributed by atoms with Crippen LogP contribution >= 0.6 is 0 Å². The fraction of sp³-hybridized carbons (Fsp3) is 0.214. The van der Waals surface area contributed by atoms with Crippen LogP contribution in [0.2, 0.25) is 0 Å². The molecule has 0 aliphatic rings. The van der Waals surface area contributed by atoms with Gasteiger partial charge in [-0.05, 0) is 30.2 Å². The first-order chi connectivity index (χ1) is 10.2. The Labute approximate surface area is 121 Å². The predicted octanol–water partition coefficient (Wildman–Crippen LogP) is 2.45. The molecule has 0 saturated carbocycles. The lowest BCUT2D eigenvalue weighted by Gasteiger charge is -2.07. The van der Waals surface area contributed by atoms with Gasteiger partial charge in [-0.15, -0.1) is 10.2 Å². The Morgan fingerprint density at radius 2 is 1.90 bits per heavy atom. The molecule has 0 aliphatic heterocycles. The number of ether oxygens (including phenoxy) is 1. The van der Waals surface area contributed by atoms with E-state index in [1.165, 1.54) is 13.2 Å². The summed E-state index contributed by atoms with van der Waals surface area (Å²) in [5.41, 5.74) is 0.641. The van der Waals surface area contributed by atoms with Gasteiger partial charge in [-0.2, -0.15) is 0 Å². The van der Waals surface area contributed by atoms with Gasteiger partial charge in [0.05, 0.1) is 7.11 Å². The average Bonchev–Trinajstić information content (AvgIpc) is 2.51. The number of carbonyl (C=O) groups excluding carboxylic acids is 1. The van der Waals surface area contributed by atoms with Gasteiger partial charge in [-0.25, -0.2) is 9.18 Å². The number of nitrogens with one attached hydrogen (secondary N) is 2. The van der Waals surface area contributed by atoms with Crippen molar-refractivity contribution < 1.29 is 13.9 Å². The summed E-state index contributed by atoms with van der Waals surface area (Å²) in [5, 5.41) is 13.1. The molecule has 1 heterocycles. The molecule has 0 unspecified atom stereocenters. The van der Waals surface area contributed by atoms with E-state index in [2.05, 4.69) is 25.6 Å². The number of rotatable bonds is 5. The molecule has 7 heteroatoms. The van der Waals surface area contributed by atoms with Gasteiger partial charge in [0.2, 0.25) is 0 Å². The maximum absolute atomic E-state index is 13.4. The summed E-state index contributed by atoms with van der Waals surface area (Å²) in [4.78, 5) is 11.0. The van der Waals surface area contributed by atoms with Crippen molar-refractivity contribution >= 4 is 17.7 Å². The van der Waals surface area contributed by atoms with Crippen LogP contribution < -0.4 is 10.6 Å². The number of amides is 1.